The van der Waals surface area contributed by atoms with Crippen LogP contribution in [0.15, 0.2) is 28.3 Å². The first kappa shape index (κ1) is 14.4. The maximum Gasteiger partial charge on any atom is 0.339 e. The zero-order chi connectivity index (χ0) is 14.7. The van der Waals surface area contributed by atoms with Crippen LogP contribution in [0.5, 0.6) is 0 Å². The number of hydrogen-bond acceptors (Lipinski definition) is 6. The zero-order valence-corrected chi connectivity index (χ0v) is 12.4. The molecular weight excluding hydrogens is 276 g/mol. The van der Waals surface area contributed by atoms with Crippen molar-refractivity contribution in [1.29, 1.82) is 0 Å². The Morgan fingerprint density at radius 3 is 2.80 bits per heavy atom. The van der Waals surface area contributed by atoms with Gasteiger partial charge < -0.3 is 15.0 Å². The molecule has 0 aliphatic rings. The molecule has 0 bridgehead atoms. The lowest BCUT2D eigenvalue weighted by Crippen LogP contribution is -2.08. The molecule has 0 unspecified atom stereocenters. The average molecular weight is 292 g/mol. The molecule has 1 aromatic carbocycles. The summed E-state index contributed by atoms with van der Waals surface area (Å²) in [6, 6.07) is 5.17. The maximum absolute atomic E-state index is 12.0. The van der Waals surface area contributed by atoms with Gasteiger partial charge in [0.25, 0.3) is 0 Å². The molecule has 0 aliphatic heterocycles. The molecular formula is C13H16N4O2S. The van der Waals surface area contributed by atoms with E-state index in [4.69, 9.17) is 10.5 Å². The molecule has 0 amide bonds. The molecule has 2 rings (SSSR count). The highest BCUT2D eigenvalue weighted by Crippen LogP contribution is 2.34. The van der Waals surface area contributed by atoms with Gasteiger partial charge in [-0.3, -0.25) is 0 Å². The van der Waals surface area contributed by atoms with Gasteiger partial charge in [-0.15, -0.1) is 10.2 Å². The van der Waals surface area contributed by atoms with Gasteiger partial charge in [0.1, 0.15) is 5.82 Å². The maximum atomic E-state index is 12.0. The van der Waals surface area contributed by atoms with Gasteiger partial charge in [-0.25, -0.2) is 4.79 Å². The van der Waals surface area contributed by atoms with Crippen LogP contribution in [0.3, 0.4) is 0 Å². The van der Waals surface area contributed by atoms with Crippen LogP contribution in [-0.4, -0.2) is 27.3 Å². The van der Waals surface area contributed by atoms with Gasteiger partial charge in [-0.2, -0.15) is 0 Å². The predicted molar refractivity (Wildman–Crippen MR) is 76.7 cm³/mol. The summed E-state index contributed by atoms with van der Waals surface area (Å²) in [6.45, 7) is 3.95. The smallest absolute Gasteiger partial charge is 0.339 e. The van der Waals surface area contributed by atoms with Crippen LogP contribution in [0.4, 0.5) is 5.69 Å². The van der Waals surface area contributed by atoms with E-state index in [1.807, 2.05) is 18.5 Å². The topological polar surface area (TPSA) is 83.0 Å². The van der Waals surface area contributed by atoms with Crippen molar-refractivity contribution in [2.24, 2.45) is 7.05 Å². The third kappa shape index (κ3) is 2.77. The summed E-state index contributed by atoms with van der Waals surface area (Å²) in [5.41, 5.74) is 6.93. The third-order valence-corrected chi connectivity index (χ3v) is 3.98. The molecule has 2 N–H and O–H groups in total. The largest absolute Gasteiger partial charge is 0.462 e. The summed E-state index contributed by atoms with van der Waals surface area (Å²) in [7, 11) is 1.86. The average Bonchev–Trinajstić information content (AvgIpc) is 2.73. The molecule has 6 nitrogen and oxygen atoms in total. The standard InChI is InChI=1S/C13H16N4O2S/c1-4-19-12(18)9-6-5-7-10(14)11(9)20-13-16-15-8(2)17(13)3/h5-7H,4,14H2,1-3H3. The van der Waals surface area contributed by atoms with E-state index in [1.54, 1.807) is 25.1 Å². The molecule has 2 aromatic rings. The Bertz CT molecular complexity index is 639. The number of carbonyl (C=O) groups is 1. The Labute approximate surface area is 121 Å². The number of anilines is 1. The van der Waals surface area contributed by atoms with Crippen LogP contribution in [0.25, 0.3) is 0 Å². The predicted octanol–water partition coefficient (Wildman–Crippen LogP) is 2.03. The molecule has 7 heteroatoms. The Kier molecular flexibility index (Phi) is 4.29. The van der Waals surface area contributed by atoms with Gasteiger partial charge in [-0.05, 0) is 37.7 Å². The number of hydrogen-bond donors (Lipinski definition) is 1. The molecule has 0 fully saturated rings. The molecule has 0 spiro atoms. The van der Waals surface area contributed by atoms with E-state index in [9.17, 15) is 4.79 Å². The number of nitrogens with zero attached hydrogens (tertiary/aromatic N) is 3. The summed E-state index contributed by atoms with van der Waals surface area (Å²) in [5, 5.41) is 8.73. The fourth-order valence-electron chi connectivity index (χ4n) is 1.61. The minimum absolute atomic E-state index is 0.320. The summed E-state index contributed by atoms with van der Waals surface area (Å²) < 4.78 is 6.89. The molecule has 0 radical (unpaired) electrons. The van der Waals surface area contributed by atoms with Crippen LogP contribution in [0.2, 0.25) is 0 Å². The van der Waals surface area contributed by atoms with E-state index in [1.165, 1.54) is 11.8 Å². The lowest BCUT2D eigenvalue weighted by molar-refractivity contribution is 0.0522. The minimum Gasteiger partial charge on any atom is -0.462 e. The normalized spacial score (nSPS) is 10.6. The second-order valence-electron chi connectivity index (χ2n) is 4.14. The van der Waals surface area contributed by atoms with E-state index in [0.29, 0.717) is 27.9 Å². The zero-order valence-electron chi connectivity index (χ0n) is 11.6. The van der Waals surface area contributed by atoms with E-state index < -0.39 is 0 Å². The number of esters is 1. The van der Waals surface area contributed by atoms with E-state index in [-0.39, 0.29) is 5.97 Å². The SMILES string of the molecule is CCOC(=O)c1cccc(N)c1Sc1nnc(C)n1C. The Balaban J connectivity index is 2.40. The Hall–Kier alpha value is -2.02. The van der Waals surface area contributed by atoms with Crippen molar-refractivity contribution in [2.45, 2.75) is 23.9 Å². The van der Waals surface area contributed by atoms with Gasteiger partial charge in [0.15, 0.2) is 5.16 Å². The van der Waals surface area contributed by atoms with Crippen LogP contribution in [0.1, 0.15) is 23.1 Å². The number of nitrogens with two attached hydrogens (primary N) is 1. The second kappa shape index (κ2) is 5.96. The van der Waals surface area contributed by atoms with Gasteiger partial charge >= 0.3 is 5.97 Å². The summed E-state index contributed by atoms with van der Waals surface area (Å²) in [4.78, 5) is 12.6. The van der Waals surface area contributed by atoms with Crippen LogP contribution < -0.4 is 5.73 Å². The fourth-order valence-corrected chi connectivity index (χ4v) is 2.59. The molecule has 0 saturated heterocycles. The van der Waals surface area contributed by atoms with E-state index in [0.717, 1.165) is 5.82 Å². The molecule has 1 aromatic heterocycles. The van der Waals surface area contributed by atoms with Crippen molar-refractivity contribution in [3.8, 4) is 0 Å². The van der Waals surface area contributed by atoms with Crippen LogP contribution >= 0.6 is 11.8 Å². The van der Waals surface area contributed by atoms with Crippen molar-refractivity contribution in [2.75, 3.05) is 12.3 Å². The first-order valence-electron chi connectivity index (χ1n) is 6.14. The summed E-state index contributed by atoms with van der Waals surface area (Å²) in [6.07, 6.45) is 0. The first-order valence-corrected chi connectivity index (χ1v) is 6.95. The molecule has 0 aliphatic carbocycles. The van der Waals surface area contributed by atoms with Gasteiger partial charge in [0, 0.05) is 12.7 Å². The highest BCUT2D eigenvalue weighted by atomic mass is 32.2. The van der Waals surface area contributed by atoms with E-state index >= 15 is 0 Å². The number of carbonyl (C=O) groups excluding carboxylic acids is 1. The lowest BCUT2D eigenvalue weighted by Gasteiger charge is -2.10. The van der Waals surface area contributed by atoms with Crippen molar-refractivity contribution in [3.05, 3.63) is 29.6 Å². The van der Waals surface area contributed by atoms with Crippen molar-refractivity contribution in [3.63, 3.8) is 0 Å². The molecule has 106 valence electrons. The highest BCUT2D eigenvalue weighted by molar-refractivity contribution is 7.99. The van der Waals surface area contributed by atoms with Crippen molar-refractivity contribution >= 4 is 23.4 Å². The first-order chi connectivity index (χ1) is 9.54. The number of benzene rings is 1. The highest BCUT2D eigenvalue weighted by Gasteiger charge is 2.18. The molecule has 1 heterocycles. The number of nitrogen functional groups attached to an aromatic ring is 1. The fraction of sp³-hybridized carbons (Fsp3) is 0.308. The van der Waals surface area contributed by atoms with Crippen LogP contribution in [0, 0.1) is 6.92 Å². The minimum atomic E-state index is -0.388. The number of aryl methyl sites for hydroxylation is 1. The quantitative estimate of drug-likeness (QED) is 0.686. The van der Waals surface area contributed by atoms with Crippen LogP contribution in [-0.2, 0) is 11.8 Å². The van der Waals surface area contributed by atoms with Gasteiger partial charge in [0.05, 0.1) is 17.1 Å². The number of aromatic nitrogens is 3. The second-order valence-corrected chi connectivity index (χ2v) is 5.11. The summed E-state index contributed by atoms with van der Waals surface area (Å²) in [5.74, 6) is 0.404. The van der Waals surface area contributed by atoms with Gasteiger partial charge in [-0.1, -0.05) is 6.07 Å². The molecule has 20 heavy (non-hydrogen) atoms. The van der Waals surface area contributed by atoms with E-state index in [2.05, 4.69) is 10.2 Å². The molecule has 0 atom stereocenters. The number of ether oxygens (including phenoxy) is 1. The Morgan fingerprint density at radius 1 is 1.45 bits per heavy atom. The lowest BCUT2D eigenvalue weighted by atomic mass is 10.2. The van der Waals surface area contributed by atoms with Crippen molar-refractivity contribution in [1.82, 2.24) is 14.8 Å². The number of rotatable bonds is 4. The molecule has 0 saturated carbocycles. The van der Waals surface area contributed by atoms with Gasteiger partial charge in [0.2, 0.25) is 0 Å². The Morgan fingerprint density at radius 2 is 2.20 bits per heavy atom. The monoisotopic (exact) mass is 292 g/mol. The third-order valence-electron chi connectivity index (χ3n) is 2.79. The summed E-state index contributed by atoms with van der Waals surface area (Å²) >= 11 is 1.31. The van der Waals surface area contributed by atoms with Crippen molar-refractivity contribution < 1.29 is 9.53 Å².